The van der Waals surface area contributed by atoms with Crippen molar-refractivity contribution < 1.29 is 26.5 Å². The first-order chi connectivity index (χ1) is 18.3. The van der Waals surface area contributed by atoms with Crippen molar-refractivity contribution in [3.8, 4) is 5.75 Å². The van der Waals surface area contributed by atoms with E-state index in [1.165, 1.54) is 17.0 Å². The van der Waals surface area contributed by atoms with Gasteiger partial charge in [-0.05, 0) is 49.9 Å². The number of aromatic nitrogens is 1. The lowest BCUT2D eigenvalue weighted by molar-refractivity contribution is 0.153. The van der Waals surface area contributed by atoms with Crippen LogP contribution in [0, 0.1) is 5.82 Å². The molecule has 0 radical (unpaired) electrons. The molecule has 0 bridgehead atoms. The predicted octanol–water partition coefficient (Wildman–Crippen LogP) is 7.47. The zero-order valence-electron chi connectivity index (χ0n) is 23.4. The highest BCUT2D eigenvalue weighted by Crippen LogP contribution is 2.34. The molecular weight excluding hydrogens is 518 g/mol. The van der Waals surface area contributed by atoms with E-state index in [-0.39, 0.29) is 23.1 Å². The zero-order chi connectivity index (χ0) is 28.8. The second-order valence-electron chi connectivity index (χ2n) is 7.64. The smallest absolute Gasteiger partial charge is 0.265 e. The summed E-state index contributed by atoms with van der Waals surface area (Å²) >= 11 is 0. The summed E-state index contributed by atoms with van der Waals surface area (Å²) in [6.07, 6.45) is -1.61. The fraction of sp³-hybridized carbons (Fsp3) is 0.500. The van der Waals surface area contributed by atoms with Gasteiger partial charge in [0.1, 0.15) is 11.6 Å². The number of rotatable bonds is 6. The van der Waals surface area contributed by atoms with E-state index in [0.29, 0.717) is 10.6 Å². The van der Waals surface area contributed by atoms with Gasteiger partial charge in [0.2, 0.25) is 0 Å². The third-order valence-corrected chi connectivity index (χ3v) is 7.01. The minimum Gasteiger partial charge on any atom is -0.495 e. The monoisotopic (exact) mass is 559 g/mol. The zero-order valence-corrected chi connectivity index (χ0v) is 24.3. The maximum atomic E-state index is 13.8. The second kappa shape index (κ2) is 17.1. The van der Waals surface area contributed by atoms with Gasteiger partial charge in [0.05, 0.1) is 29.9 Å². The quantitative estimate of drug-likeness (QED) is 0.294. The molecule has 1 aliphatic rings. The van der Waals surface area contributed by atoms with Crippen molar-refractivity contribution in [2.75, 3.05) is 51.4 Å². The fourth-order valence-electron chi connectivity index (χ4n) is 3.95. The summed E-state index contributed by atoms with van der Waals surface area (Å²) in [7, 11) is -0.257. The van der Waals surface area contributed by atoms with Gasteiger partial charge in [-0.3, -0.25) is 8.36 Å². The lowest BCUT2D eigenvalue weighted by atomic mass is 10.2. The molecule has 5 nitrogen and oxygen atoms in total. The molecule has 1 fully saturated rings. The number of benzene rings is 2. The number of ether oxygens (including phenoxy) is 1. The predicted molar refractivity (Wildman–Crippen MR) is 150 cm³/mol. The molecule has 0 amide bonds. The van der Waals surface area contributed by atoms with E-state index in [1.54, 1.807) is 25.3 Å². The second-order valence-corrected chi connectivity index (χ2v) is 9.01. The van der Waals surface area contributed by atoms with E-state index in [9.17, 15) is 21.8 Å². The maximum absolute atomic E-state index is 13.8. The van der Waals surface area contributed by atoms with Crippen molar-refractivity contribution in [3.05, 3.63) is 54.0 Å². The van der Waals surface area contributed by atoms with Crippen LogP contribution in [0.3, 0.4) is 0 Å². The summed E-state index contributed by atoms with van der Waals surface area (Å²) in [5.74, 6) is 0.0799. The molecule has 10 heteroatoms. The van der Waals surface area contributed by atoms with Gasteiger partial charge in [-0.1, -0.05) is 34.6 Å². The molecule has 3 aromatic rings. The maximum Gasteiger partial charge on any atom is 0.265 e. The van der Waals surface area contributed by atoms with Gasteiger partial charge in [0, 0.05) is 43.3 Å². The number of hydrogen-bond acceptors (Lipinski definition) is 4. The number of likely N-dealkylation sites (N-methyl/N-ethyl adjacent to an activating group) is 1. The van der Waals surface area contributed by atoms with Crippen molar-refractivity contribution in [1.82, 2.24) is 8.87 Å². The van der Waals surface area contributed by atoms with Crippen molar-refractivity contribution in [2.24, 2.45) is 0 Å². The largest absolute Gasteiger partial charge is 0.495 e. The van der Waals surface area contributed by atoms with Gasteiger partial charge in [-0.25, -0.2) is 17.4 Å². The van der Waals surface area contributed by atoms with E-state index in [4.69, 9.17) is 4.74 Å². The van der Waals surface area contributed by atoms with Gasteiger partial charge in [0.25, 0.3) is 6.43 Å². The molecule has 38 heavy (non-hydrogen) atoms. The molecule has 0 aliphatic carbocycles. The van der Waals surface area contributed by atoms with Crippen molar-refractivity contribution >= 4 is 27.6 Å². The molecule has 0 spiro atoms. The van der Waals surface area contributed by atoms with Gasteiger partial charge in [-0.15, -0.1) is 0 Å². The number of hydrogen-bond donors (Lipinski definition) is 0. The summed E-state index contributed by atoms with van der Waals surface area (Å²) in [5, 5.41) is 0.189. The molecule has 214 valence electrons. The Balaban J connectivity index is 0.000000944. The topological polar surface area (TPSA) is 37.7 Å². The molecule has 0 N–H and O–H groups in total. The Kier molecular flexibility index (Phi) is 15.0. The molecule has 1 aromatic heterocycles. The first-order valence-corrected chi connectivity index (χ1v) is 14.2. The summed E-state index contributed by atoms with van der Waals surface area (Å²) in [6.45, 7) is 15.7. The van der Waals surface area contributed by atoms with Crippen molar-refractivity contribution in [2.45, 2.75) is 52.9 Å². The van der Waals surface area contributed by atoms with Gasteiger partial charge in [-0.2, -0.15) is 0 Å². The number of piperazine rings is 1. The van der Waals surface area contributed by atoms with Gasteiger partial charge in [0.15, 0.2) is 11.0 Å². The van der Waals surface area contributed by atoms with Gasteiger partial charge >= 0.3 is 0 Å². The van der Waals surface area contributed by atoms with Crippen LogP contribution in [0.25, 0.3) is 10.9 Å². The normalized spacial score (nSPS) is 14.1. The first-order valence-electron chi connectivity index (χ1n) is 13.1. The van der Waals surface area contributed by atoms with Crippen molar-refractivity contribution in [1.29, 1.82) is 0 Å². The Hall–Kier alpha value is -2.59. The van der Waals surface area contributed by atoms with E-state index in [0.717, 1.165) is 56.7 Å². The highest BCUT2D eigenvalue weighted by atomic mass is 32.2. The van der Waals surface area contributed by atoms with Crippen molar-refractivity contribution in [3.63, 3.8) is 0 Å². The lowest BCUT2D eigenvalue weighted by Gasteiger charge is -2.36. The molecule has 1 saturated heterocycles. The minimum atomic E-state index is -2.76. The number of halogens is 4. The molecule has 4 rings (SSSR count). The highest BCUT2D eigenvalue weighted by molar-refractivity contribution is 7.83. The minimum absolute atomic E-state index is 0.169. The van der Waals surface area contributed by atoms with Crippen LogP contribution in [-0.2, 0) is 11.0 Å². The Morgan fingerprint density at radius 1 is 0.974 bits per heavy atom. The molecule has 2 heterocycles. The molecule has 0 saturated carbocycles. The Bertz CT molecular complexity index is 1130. The number of alkyl halides is 3. The Morgan fingerprint density at radius 2 is 1.58 bits per heavy atom. The summed E-state index contributed by atoms with van der Waals surface area (Å²) < 4.78 is 71.2. The number of methoxy groups -OCH3 is 1. The first kappa shape index (κ1) is 33.4. The van der Waals surface area contributed by atoms with Crippen LogP contribution >= 0.6 is 0 Å². The third kappa shape index (κ3) is 8.20. The number of nitrogens with zero attached hydrogens (tertiary/aromatic N) is 3. The van der Waals surface area contributed by atoms with E-state index in [2.05, 4.69) is 16.7 Å². The average Bonchev–Trinajstić information content (AvgIpc) is 3.34. The Morgan fingerprint density at radius 3 is 2.11 bits per heavy atom. The fourth-order valence-corrected chi connectivity index (χ4v) is 5.11. The van der Waals surface area contributed by atoms with Crippen LogP contribution in [0.5, 0.6) is 5.75 Å². The van der Waals surface area contributed by atoms with E-state index < -0.39 is 23.2 Å². The van der Waals surface area contributed by atoms with Crippen LogP contribution in [-0.4, -0.2) is 59.6 Å². The third-order valence-electron chi connectivity index (χ3n) is 5.69. The molecule has 2 aromatic carbocycles. The number of anilines is 1. The lowest BCUT2D eigenvalue weighted by Crippen LogP contribution is -2.46. The molecule has 1 unspecified atom stereocenters. The van der Waals surface area contributed by atoms with Crippen LogP contribution in [0.15, 0.2) is 47.5 Å². The standard InChI is InChI=1S/C22H24F3N3O2S.C2H5F.2C2H6/c1-3-26-8-10-27(11-9-26)20-13-16(5-7-21(20)30-2)31(29)28-14-18(22(24)25)17-6-4-15(23)12-19(17)28;1-2-3;2*1-2/h4-7,12-14,22H,3,8-11H2,1-2H3;2H2,1H3;2*1-2H3. The summed E-state index contributed by atoms with van der Waals surface area (Å²) in [5.41, 5.74) is 0.705. The van der Waals surface area contributed by atoms with E-state index >= 15 is 0 Å². The Labute approximate surface area is 227 Å². The van der Waals surface area contributed by atoms with Crippen LogP contribution in [0.4, 0.5) is 23.2 Å². The van der Waals surface area contributed by atoms with Crippen LogP contribution in [0.2, 0.25) is 0 Å². The summed E-state index contributed by atoms with van der Waals surface area (Å²) in [4.78, 5) is 4.94. The molecular formula is C28H41F4N3O2S. The number of fused-ring (bicyclic) bond motifs is 1. The van der Waals surface area contributed by atoms with Crippen LogP contribution in [0.1, 0.15) is 53.5 Å². The highest BCUT2D eigenvalue weighted by Gasteiger charge is 2.23. The summed E-state index contributed by atoms with van der Waals surface area (Å²) in [6, 6.07) is 8.70. The molecule has 1 atom stereocenters. The van der Waals surface area contributed by atoms with E-state index in [1.807, 2.05) is 27.7 Å². The van der Waals surface area contributed by atoms with Crippen LogP contribution < -0.4 is 9.64 Å². The average molecular weight is 560 g/mol. The SMILES string of the molecule is CC.CC.CCF.CCN1CCN(c2cc(S(=O)n3cc(C(F)F)c4ccc(F)cc43)ccc2OC)CC1. The molecule has 1 aliphatic heterocycles. The van der Waals surface area contributed by atoms with Gasteiger partial charge < -0.3 is 14.5 Å².